The minimum absolute atomic E-state index is 0.368. The fourth-order valence-electron chi connectivity index (χ4n) is 2.25. The molecule has 0 aliphatic rings. The minimum Gasteiger partial charge on any atom is -0.486 e. The maximum Gasteiger partial charge on any atom is 0.272 e. The quantitative estimate of drug-likeness (QED) is 0.734. The zero-order valence-electron chi connectivity index (χ0n) is 11.6. The molecule has 0 saturated heterocycles. The number of aryl methyl sites for hydroxylation is 1. The molecule has 7 heteroatoms. The van der Waals surface area contributed by atoms with E-state index in [9.17, 15) is 14.0 Å². The number of benzene rings is 1. The molecule has 0 radical (unpaired) electrons. The first-order chi connectivity index (χ1) is 10.6. The molecule has 0 spiro atoms. The summed E-state index contributed by atoms with van der Waals surface area (Å²) in [6.07, 6.45) is -0.892. The van der Waals surface area contributed by atoms with Crippen molar-refractivity contribution < 1.29 is 13.5 Å². The molecule has 22 heavy (non-hydrogen) atoms. The topological polar surface area (TPSA) is 50.8 Å². The van der Waals surface area contributed by atoms with E-state index in [2.05, 4.69) is 11.2 Å². The van der Waals surface area contributed by atoms with Gasteiger partial charge in [0, 0.05) is 18.6 Å². The van der Waals surface area contributed by atoms with Gasteiger partial charge in [0.25, 0.3) is 6.43 Å². The summed E-state index contributed by atoms with van der Waals surface area (Å²) in [7, 11) is 1.79. The third-order valence-corrected chi connectivity index (χ3v) is 4.45. The van der Waals surface area contributed by atoms with Gasteiger partial charge >= 0.3 is 0 Å². The molecule has 0 bridgehead atoms. The smallest absolute Gasteiger partial charge is 0.272 e. The Bertz CT molecular complexity index is 863. The van der Waals surface area contributed by atoms with Crippen LogP contribution in [0.3, 0.4) is 0 Å². The first-order valence-electron chi connectivity index (χ1n) is 6.46. The Kier molecular flexibility index (Phi) is 3.77. The molecule has 4 nitrogen and oxygen atoms in total. The Morgan fingerprint density at radius 1 is 1.41 bits per heavy atom. The van der Waals surface area contributed by atoms with Crippen molar-refractivity contribution in [2.45, 2.75) is 6.43 Å². The predicted octanol–water partition coefficient (Wildman–Crippen LogP) is 3.82. The van der Waals surface area contributed by atoms with E-state index in [-0.39, 0.29) is 0 Å². The molecule has 0 amide bonds. The summed E-state index contributed by atoms with van der Waals surface area (Å²) in [5.74, 6) is 0.368. The van der Waals surface area contributed by atoms with Crippen LogP contribution in [0.15, 0.2) is 30.5 Å². The van der Waals surface area contributed by atoms with Gasteiger partial charge in [-0.25, -0.2) is 8.78 Å². The van der Waals surface area contributed by atoms with Crippen molar-refractivity contribution in [3.63, 3.8) is 0 Å². The predicted molar refractivity (Wildman–Crippen MR) is 80.2 cm³/mol. The number of halogens is 2. The lowest BCUT2D eigenvalue weighted by atomic mass is 10.1. The van der Waals surface area contributed by atoms with Crippen molar-refractivity contribution in [3.8, 4) is 22.4 Å². The van der Waals surface area contributed by atoms with Crippen LogP contribution in [-0.4, -0.2) is 22.8 Å². The molecule has 0 saturated carbocycles. The molecule has 0 N–H and O–H groups in total. The number of thiophene rings is 1. The Morgan fingerprint density at radius 3 is 2.86 bits per heavy atom. The number of nitrogens with zero attached hydrogens (tertiary/aromatic N) is 3. The van der Waals surface area contributed by atoms with E-state index in [0.29, 0.717) is 21.4 Å². The van der Waals surface area contributed by atoms with Gasteiger partial charge in [0.15, 0.2) is 0 Å². The molecule has 3 aromatic rings. The van der Waals surface area contributed by atoms with E-state index >= 15 is 0 Å². The molecule has 0 unspecified atom stereocenters. The third-order valence-electron chi connectivity index (χ3n) is 3.21. The van der Waals surface area contributed by atoms with Crippen molar-refractivity contribution in [1.29, 1.82) is 5.26 Å². The summed E-state index contributed by atoms with van der Waals surface area (Å²) >= 11 is 1.35. The van der Waals surface area contributed by atoms with Gasteiger partial charge in [-0.3, -0.25) is 4.68 Å². The highest BCUT2D eigenvalue weighted by Gasteiger charge is 2.19. The molecule has 2 heterocycles. The Morgan fingerprint density at radius 2 is 2.23 bits per heavy atom. The SMILES string of the molecule is Cn1nccc1-c1sc2c(OCC(F)F)cccc2c1C#N. The summed E-state index contributed by atoms with van der Waals surface area (Å²) in [6.45, 7) is -0.667. The van der Waals surface area contributed by atoms with Crippen molar-refractivity contribution in [2.24, 2.45) is 7.05 Å². The maximum absolute atomic E-state index is 12.4. The molecule has 0 aliphatic carbocycles. The average molecular weight is 319 g/mol. The van der Waals surface area contributed by atoms with Gasteiger partial charge in [0.2, 0.25) is 0 Å². The van der Waals surface area contributed by atoms with Crippen molar-refractivity contribution in [1.82, 2.24) is 9.78 Å². The van der Waals surface area contributed by atoms with Crippen molar-refractivity contribution in [3.05, 3.63) is 36.0 Å². The van der Waals surface area contributed by atoms with Gasteiger partial charge in [-0.1, -0.05) is 12.1 Å². The van der Waals surface area contributed by atoms with Crippen molar-refractivity contribution >= 4 is 21.4 Å². The Labute approximate surface area is 129 Å². The number of hydrogen-bond donors (Lipinski definition) is 0. The van der Waals surface area contributed by atoms with Gasteiger partial charge in [-0.2, -0.15) is 10.4 Å². The molecule has 0 atom stereocenters. The Hall–Kier alpha value is -2.46. The zero-order chi connectivity index (χ0) is 15.7. The van der Waals surface area contributed by atoms with Crippen LogP contribution in [0.25, 0.3) is 20.7 Å². The number of hydrogen-bond acceptors (Lipinski definition) is 4. The molecule has 0 aliphatic heterocycles. The van der Waals surface area contributed by atoms with Crippen LogP contribution in [0.5, 0.6) is 5.75 Å². The van der Waals surface area contributed by atoms with Crippen LogP contribution in [-0.2, 0) is 7.05 Å². The van der Waals surface area contributed by atoms with E-state index in [1.165, 1.54) is 11.3 Å². The number of alkyl halides is 2. The van der Waals surface area contributed by atoms with Gasteiger partial charge in [0.1, 0.15) is 18.4 Å². The molecular formula is C15H11F2N3OS. The lowest BCUT2D eigenvalue weighted by molar-refractivity contribution is 0.0827. The molecular weight excluding hydrogens is 308 g/mol. The van der Waals surface area contributed by atoms with E-state index in [1.54, 1.807) is 36.1 Å². The second kappa shape index (κ2) is 5.73. The first kappa shape index (κ1) is 14.5. The summed E-state index contributed by atoms with van der Waals surface area (Å²) in [5.41, 5.74) is 1.31. The van der Waals surface area contributed by atoms with Gasteiger partial charge in [0.05, 0.1) is 20.8 Å². The fraction of sp³-hybridized carbons (Fsp3) is 0.200. The van der Waals surface area contributed by atoms with E-state index in [4.69, 9.17) is 4.74 Å². The van der Waals surface area contributed by atoms with Crippen LogP contribution in [0.4, 0.5) is 8.78 Å². The van der Waals surface area contributed by atoms with Gasteiger partial charge in [-0.15, -0.1) is 11.3 Å². The van der Waals surface area contributed by atoms with Crippen LogP contribution in [0.2, 0.25) is 0 Å². The average Bonchev–Trinajstić information content (AvgIpc) is 3.07. The fourth-order valence-corrected chi connectivity index (χ4v) is 3.52. The standard InChI is InChI=1S/C15H11F2N3OS/c1-20-11(5-6-19-20)14-10(7-18)9-3-2-4-12(15(9)22-14)21-8-13(16)17/h2-6,13H,8H2,1H3. The van der Waals surface area contributed by atoms with Crippen LogP contribution >= 0.6 is 11.3 Å². The molecule has 1 aromatic carbocycles. The summed E-state index contributed by atoms with van der Waals surface area (Å²) < 4.78 is 32.3. The highest BCUT2D eigenvalue weighted by atomic mass is 32.1. The van der Waals surface area contributed by atoms with Gasteiger partial charge < -0.3 is 4.74 Å². The van der Waals surface area contributed by atoms with E-state index in [1.807, 2.05) is 6.07 Å². The number of ether oxygens (including phenoxy) is 1. The lowest BCUT2D eigenvalue weighted by Gasteiger charge is -2.05. The van der Waals surface area contributed by atoms with E-state index < -0.39 is 13.0 Å². The number of nitriles is 1. The normalized spacial score (nSPS) is 11.0. The molecule has 3 rings (SSSR count). The molecule has 112 valence electrons. The second-order valence-corrected chi connectivity index (χ2v) is 5.61. The van der Waals surface area contributed by atoms with Gasteiger partial charge in [-0.05, 0) is 12.1 Å². The molecule has 0 fully saturated rings. The minimum atomic E-state index is -2.54. The number of rotatable bonds is 4. The third kappa shape index (κ3) is 2.42. The van der Waals surface area contributed by atoms with E-state index in [0.717, 1.165) is 10.6 Å². The van der Waals surface area contributed by atoms with Crippen molar-refractivity contribution in [2.75, 3.05) is 6.61 Å². The highest BCUT2D eigenvalue weighted by Crippen LogP contribution is 2.42. The number of aromatic nitrogens is 2. The monoisotopic (exact) mass is 319 g/mol. The second-order valence-electron chi connectivity index (χ2n) is 4.59. The van der Waals surface area contributed by atoms with Crippen LogP contribution < -0.4 is 4.74 Å². The Balaban J connectivity index is 2.18. The largest absolute Gasteiger partial charge is 0.486 e. The summed E-state index contributed by atoms with van der Waals surface area (Å²) in [6, 6.07) is 9.13. The molecule has 2 aromatic heterocycles. The highest BCUT2D eigenvalue weighted by molar-refractivity contribution is 7.23. The summed E-state index contributed by atoms with van der Waals surface area (Å²) in [5, 5.41) is 14.3. The maximum atomic E-state index is 12.4. The van der Waals surface area contributed by atoms with Crippen LogP contribution in [0.1, 0.15) is 5.56 Å². The summed E-state index contributed by atoms with van der Waals surface area (Å²) in [4.78, 5) is 0.755. The van der Waals surface area contributed by atoms with Crippen LogP contribution in [0, 0.1) is 11.3 Å². The number of fused-ring (bicyclic) bond motifs is 1. The first-order valence-corrected chi connectivity index (χ1v) is 7.28. The lowest BCUT2D eigenvalue weighted by Crippen LogP contribution is -2.06. The zero-order valence-corrected chi connectivity index (χ0v) is 12.4.